The van der Waals surface area contributed by atoms with Gasteiger partial charge in [0, 0.05) is 29.3 Å². The van der Waals surface area contributed by atoms with E-state index in [4.69, 9.17) is 10.5 Å². The number of ether oxygens (including phenoxy) is 1. The Morgan fingerprint density at radius 1 is 1.52 bits per heavy atom. The Morgan fingerprint density at radius 3 is 2.90 bits per heavy atom. The summed E-state index contributed by atoms with van der Waals surface area (Å²) < 4.78 is 5.57. The Labute approximate surface area is 124 Å². The highest BCUT2D eigenvalue weighted by Crippen LogP contribution is 2.53. The van der Waals surface area contributed by atoms with Gasteiger partial charge in [-0.05, 0) is 33.2 Å². The zero-order chi connectivity index (χ0) is 15.4. The van der Waals surface area contributed by atoms with Crippen molar-refractivity contribution < 1.29 is 4.74 Å². The van der Waals surface area contributed by atoms with Crippen LogP contribution < -0.4 is 10.5 Å². The van der Waals surface area contributed by atoms with E-state index in [2.05, 4.69) is 42.1 Å². The van der Waals surface area contributed by atoms with Crippen LogP contribution in [0.1, 0.15) is 31.5 Å². The minimum absolute atomic E-state index is 0.195. The van der Waals surface area contributed by atoms with Gasteiger partial charge in [-0.1, -0.05) is 6.92 Å². The van der Waals surface area contributed by atoms with Gasteiger partial charge in [0.2, 0.25) is 11.8 Å². The van der Waals surface area contributed by atoms with E-state index in [1.807, 2.05) is 6.92 Å². The molecule has 3 rings (SSSR count). The zero-order valence-corrected chi connectivity index (χ0v) is 12.9. The van der Waals surface area contributed by atoms with Crippen LogP contribution in [0.15, 0.2) is 11.5 Å². The first-order valence-electron chi connectivity index (χ1n) is 7.25. The van der Waals surface area contributed by atoms with Crippen molar-refractivity contribution >= 4 is 0 Å². The maximum absolute atomic E-state index is 9.69. The lowest BCUT2D eigenvalue weighted by atomic mass is 9.60. The summed E-state index contributed by atoms with van der Waals surface area (Å²) in [6, 6.07) is 2.67. The lowest BCUT2D eigenvalue weighted by Gasteiger charge is -2.50. The van der Waals surface area contributed by atoms with Gasteiger partial charge >= 0.3 is 0 Å². The van der Waals surface area contributed by atoms with E-state index in [0.717, 1.165) is 24.2 Å². The fourth-order valence-electron chi connectivity index (χ4n) is 3.95. The second-order valence-electron chi connectivity index (χ2n) is 6.35. The van der Waals surface area contributed by atoms with Crippen LogP contribution in [-0.2, 0) is 5.41 Å². The summed E-state index contributed by atoms with van der Waals surface area (Å²) in [6.07, 6.45) is 0.838. The van der Waals surface area contributed by atoms with Crippen molar-refractivity contribution in [1.29, 1.82) is 5.26 Å². The topological polar surface area (TPSA) is 91.0 Å². The van der Waals surface area contributed by atoms with E-state index in [9.17, 15) is 5.26 Å². The Morgan fingerprint density at radius 2 is 2.24 bits per heavy atom. The first kappa shape index (κ1) is 14.0. The number of fused-ring (bicyclic) bond motifs is 2. The van der Waals surface area contributed by atoms with Crippen molar-refractivity contribution in [2.24, 2.45) is 11.7 Å². The van der Waals surface area contributed by atoms with Gasteiger partial charge < -0.3 is 15.4 Å². The number of nitrogens with one attached hydrogen (secondary N) is 1. The first-order valence-corrected chi connectivity index (χ1v) is 7.25. The smallest absolute Gasteiger partial charge is 0.244 e. The number of nitrogens with two attached hydrogens (primary N) is 1. The molecule has 6 nitrogen and oxygen atoms in total. The molecular formula is C15H21N5O. The molecule has 1 aromatic heterocycles. The Hall–Kier alpha value is -2.00. The van der Waals surface area contributed by atoms with Crippen molar-refractivity contribution in [2.45, 2.75) is 38.6 Å². The molecule has 0 unspecified atom stereocenters. The van der Waals surface area contributed by atoms with Crippen LogP contribution in [0, 0.1) is 24.2 Å². The lowest BCUT2D eigenvalue weighted by Crippen LogP contribution is -2.54. The number of nitriles is 1. The van der Waals surface area contributed by atoms with Gasteiger partial charge in [-0.15, -0.1) is 5.10 Å². The monoisotopic (exact) mass is 287 g/mol. The van der Waals surface area contributed by atoms with Gasteiger partial charge in [0.1, 0.15) is 11.6 Å². The molecule has 3 heterocycles. The predicted molar refractivity (Wildman–Crippen MR) is 78.3 cm³/mol. The van der Waals surface area contributed by atoms with E-state index in [1.54, 1.807) is 0 Å². The molecule has 0 radical (unpaired) electrons. The standard InChI is InChI=1S/C15H21N5O/c1-8-7-20(4)9(2)5-15(8)11(6-16)13(17)21-14-12(15)10(3)18-19-14/h8-9H,5,7,17H2,1-4H3,(H,18,19)/t8-,9-,15+/m0/s1. The molecule has 1 aromatic rings. The number of nitrogens with zero attached hydrogens (tertiary/aromatic N) is 3. The van der Waals surface area contributed by atoms with Crippen molar-refractivity contribution in [3.63, 3.8) is 0 Å². The second-order valence-corrected chi connectivity index (χ2v) is 6.35. The predicted octanol–water partition coefficient (Wildman–Crippen LogP) is 1.40. The SMILES string of the molecule is Cc1[nH]nc2c1[C@@]1(C[C@H](C)N(C)C[C@@H]1C)C(C#N)=C(N)O2. The Bertz CT molecular complexity index is 656. The van der Waals surface area contributed by atoms with Gasteiger partial charge in [0.25, 0.3) is 0 Å². The highest BCUT2D eigenvalue weighted by atomic mass is 16.5. The third kappa shape index (κ3) is 1.70. The van der Waals surface area contributed by atoms with Gasteiger partial charge in [-0.25, -0.2) is 0 Å². The molecule has 0 saturated carbocycles. The minimum Gasteiger partial charge on any atom is -0.420 e. The van der Waals surface area contributed by atoms with E-state index in [1.165, 1.54) is 0 Å². The van der Waals surface area contributed by atoms with Gasteiger partial charge in [-0.3, -0.25) is 5.10 Å². The Kier molecular flexibility index (Phi) is 2.99. The maximum Gasteiger partial charge on any atom is 0.244 e. The fourth-order valence-corrected chi connectivity index (χ4v) is 3.95. The second kappa shape index (κ2) is 4.50. The van der Waals surface area contributed by atoms with E-state index < -0.39 is 5.41 Å². The number of hydrogen-bond acceptors (Lipinski definition) is 5. The molecule has 0 bridgehead atoms. The van der Waals surface area contributed by atoms with Crippen LogP contribution in [-0.4, -0.2) is 34.7 Å². The molecule has 1 saturated heterocycles. The molecule has 21 heavy (non-hydrogen) atoms. The van der Waals surface area contributed by atoms with Crippen molar-refractivity contribution in [2.75, 3.05) is 13.6 Å². The third-order valence-electron chi connectivity index (χ3n) is 5.14. The number of H-pyrrole nitrogens is 1. The van der Waals surface area contributed by atoms with Crippen LogP contribution in [0.25, 0.3) is 0 Å². The van der Waals surface area contributed by atoms with Crippen molar-refractivity contribution in [1.82, 2.24) is 15.1 Å². The number of allylic oxidation sites excluding steroid dienone is 1. The average molecular weight is 287 g/mol. The van der Waals surface area contributed by atoms with Crippen LogP contribution in [0.4, 0.5) is 0 Å². The third-order valence-corrected chi connectivity index (χ3v) is 5.14. The molecule has 0 amide bonds. The van der Waals surface area contributed by atoms with Crippen LogP contribution in [0.3, 0.4) is 0 Å². The molecule has 1 spiro atoms. The number of aromatic nitrogens is 2. The number of rotatable bonds is 0. The Balaban J connectivity index is 2.26. The van der Waals surface area contributed by atoms with E-state index in [-0.39, 0.29) is 11.8 Å². The summed E-state index contributed by atoms with van der Waals surface area (Å²) in [5, 5.41) is 16.9. The average Bonchev–Trinajstić information content (AvgIpc) is 2.78. The summed E-state index contributed by atoms with van der Waals surface area (Å²) in [4.78, 5) is 2.33. The number of hydrogen-bond donors (Lipinski definition) is 2. The molecule has 112 valence electrons. The van der Waals surface area contributed by atoms with Crippen LogP contribution in [0.5, 0.6) is 5.88 Å². The van der Waals surface area contributed by atoms with Crippen LogP contribution in [0.2, 0.25) is 0 Å². The summed E-state index contributed by atoms with van der Waals surface area (Å²) >= 11 is 0. The summed E-state index contributed by atoms with van der Waals surface area (Å²) in [7, 11) is 2.12. The maximum atomic E-state index is 9.69. The largest absolute Gasteiger partial charge is 0.420 e. The molecule has 2 aliphatic rings. The number of likely N-dealkylation sites (tertiary alicyclic amines) is 1. The number of aryl methyl sites for hydroxylation is 1. The molecule has 1 fully saturated rings. The molecule has 6 heteroatoms. The number of aromatic amines is 1. The quantitative estimate of drug-likeness (QED) is 0.752. The van der Waals surface area contributed by atoms with Gasteiger partial charge in [0.05, 0.1) is 0 Å². The first-order chi connectivity index (χ1) is 9.91. The van der Waals surface area contributed by atoms with Crippen molar-refractivity contribution in [3.05, 3.63) is 22.7 Å². The zero-order valence-electron chi connectivity index (χ0n) is 12.9. The highest BCUT2D eigenvalue weighted by molar-refractivity contribution is 5.55. The summed E-state index contributed by atoms with van der Waals surface area (Å²) in [5.41, 5.74) is 8.12. The fraction of sp³-hybridized carbons (Fsp3) is 0.600. The van der Waals surface area contributed by atoms with Crippen molar-refractivity contribution in [3.8, 4) is 11.9 Å². The molecule has 0 aromatic carbocycles. The molecule has 0 aliphatic carbocycles. The highest BCUT2D eigenvalue weighted by Gasteiger charge is 2.53. The summed E-state index contributed by atoms with van der Waals surface area (Å²) in [5.74, 6) is 0.971. The molecule has 3 atom stereocenters. The lowest BCUT2D eigenvalue weighted by molar-refractivity contribution is 0.0888. The molecular weight excluding hydrogens is 266 g/mol. The van der Waals surface area contributed by atoms with E-state index >= 15 is 0 Å². The van der Waals surface area contributed by atoms with Gasteiger partial charge in [-0.2, -0.15) is 5.26 Å². The van der Waals surface area contributed by atoms with Crippen LogP contribution >= 0.6 is 0 Å². The minimum atomic E-state index is -0.407. The molecule has 2 aliphatic heterocycles. The molecule has 3 N–H and O–H groups in total. The van der Waals surface area contributed by atoms with Gasteiger partial charge in [0.15, 0.2) is 0 Å². The summed E-state index contributed by atoms with van der Waals surface area (Å²) in [6.45, 7) is 7.24. The number of piperidine rings is 1. The van der Waals surface area contributed by atoms with E-state index in [0.29, 0.717) is 17.5 Å². The normalized spacial score (nSPS) is 32.7.